The van der Waals surface area contributed by atoms with E-state index in [1.165, 1.54) is 12.1 Å². The number of amides is 1. The largest absolute Gasteiger partial charge is 0.296 e. The molecular formula is C29H29BrFN3O2S2. The van der Waals surface area contributed by atoms with E-state index in [2.05, 4.69) is 15.9 Å². The first kappa shape index (κ1) is 29.7. The number of aryl methyl sites for hydroxylation is 1. The summed E-state index contributed by atoms with van der Waals surface area (Å²) < 4.78 is 16.5. The maximum absolute atomic E-state index is 14.0. The first-order valence-corrected chi connectivity index (χ1v) is 12.7. The van der Waals surface area contributed by atoms with Crippen LogP contribution in [0.5, 0.6) is 0 Å². The maximum Gasteiger partial charge on any atom is 0.232 e. The highest BCUT2D eigenvalue weighted by molar-refractivity contribution is 9.10. The molecule has 1 amide bonds. The summed E-state index contributed by atoms with van der Waals surface area (Å²) >= 11 is 3.43. The SMILES string of the molecule is CCN1C(=O)[C@@H](CC(=O)c2cccc(Br)c2)[C@@H](c2ccc(F)cc2)c2c(C)nn(-c3ccccc3)c21.S.S. The minimum Gasteiger partial charge on any atom is -0.296 e. The van der Waals surface area contributed by atoms with Gasteiger partial charge in [-0.15, -0.1) is 0 Å². The Labute approximate surface area is 244 Å². The van der Waals surface area contributed by atoms with E-state index in [9.17, 15) is 14.0 Å². The number of fused-ring (bicyclic) bond motifs is 1. The predicted octanol–water partition coefficient (Wildman–Crippen LogP) is 6.70. The molecule has 2 atom stereocenters. The van der Waals surface area contributed by atoms with Crippen molar-refractivity contribution in [1.82, 2.24) is 9.78 Å². The van der Waals surface area contributed by atoms with Crippen molar-refractivity contribution in [3.8, 4) is 5.69 Å². The molecule has 38 heavy (non-hydrogen) atoms. The van der Waals surface area contributed by atoms with Gasteiger partial charge in [0.15, 0.2) is 5.78 Å². The molecule has 0 radical (unpaired) electrons. The summed E-state index contributed by atoms with van der Waals surface area (Å²) in [6.07, 6.45) is 0.0310. The Bertz CT molecular complexity index is 1440. The van der Waals surface area contributed by atoms with Crippen LogP contribution in [0.25, 0.3) is 5.69 Å². The van der Waals surface area contributed by atoms with E-state index in [1.807, 2.05) is 56.3 Å². The van der Waals surface area contributed by atoms with Crippen LogP contribution in [-0.2, 0) is 4.79 Å². The van der Waals surface area contributed by atoms with E-state index >= 15 is 0 Å². The molecule has 0 saturated carbocycles. The highest BCUT2D eigenvalue weighted by atomic mass is 79.9. The molecule has 198 valence electrons. The maximum atomic E-state index is 14.0. The van der Waals surface area contributed by atoms with Crippen LogP contribution in [0.4, 0.5) is 10.2 Å². The topological polar surface area (TPSA) is 55.2 Å². The van der Waals surface area contributed by atoms with Crippen molar-refractivity contribution < 1.29 is 14.0 Å². The number of benzene rings is 3. The number of halogens is 2. The Morgan fingerprint density at radius 1 is 1.00 bits per heavy atom. The summed E-state index contributed by atoms with van der Waals surface area (Å²) in [5, 5.41) is 4.83. The van der Waals surface area contributed by atoms with Crippen LogP contribution < -0.4 is 4.90 Å². The van der Waals surface area contributed by atoms with Crippen LogP contribution in [0, 0.1) is 18.7 Å². The highest BCUT2D eigenvalue weighted by Gasteiger charge is 2.45. The summed E-state index contributed by atoms with van der Waals surface area (Å²) in [5.41, 5.74) is 3.83. The third-order valence-corrected chi connectivity index (χ3v) is 7.22. The molecule has 3 aromatic carbocycles. The minimum absolute atomic E-state index is 0. The van der Waals surface area contributed by atoms with E-state index in [1.54, 1.807) is 33.8 Å². The summed E-state index contributed by atoms with van der Waals surface area (Å²) in [6.45, 7) is 4.28. The fraction of sp³-hybridized carbons (Fsp3) is 0.207. The van der Waals surface area contributed by atoms with Gasteiger partial charge < -0.3 is 0 Å². The van der Waals surface area contributed by atoms with Crippen LogP contribution in [0.1, 0.15) is 46.4 Å². The van der Waals surface area contributed by atoms with Gasteiger partial charge in [-0.1, -0.05) is 58.4 Å². The molecule has 0 bridgehead atoms. The van der Waals surface area contributed by atoms with Crippen molar-refractivity contribution in [3.63, 3.8) is 0 Å². The van der Waals surface area contributed by atoms with E-state index in [4.69, 9.17) is 5.10 Å². The molecule has 2 heterocycles. The molecule has 0 fully saturated rings. The van der Waals surface area contributed by atoms with E-state index in [0.717, 1.165) is 27.0 Å². The van der Waals surface area contributed by atoms with Crippen LogP contribution in [0.2, 0.25) is 0 Å². The number of rotatable bonds is 6. The Balaban J connectivity index is 0.00000200. The Morgan fingerprint density at radius 2 is 1.68 bits per heavy atom. The number of nitrogens with zero attached hydrogens (tertiary/aromatic N) is 3. The summed E-state index contributed by atoms with van der Waals surface area (Å²) in [4.78, 5) is 29.2. The van der Waals surface area contributed by atoms with Gasteiger partial charge in [-0.25, -0.2) is 9.07 Å². The van der Waals surface area contributed by atoms with Crippen LogP contribution in [0.3, 0.4) is 0 Å². The van der Waals surface area contributed by atoms with Gasteiger partial charge in [-0.2, -0.15) is 32.1 Å². The van der Waals surface area contributed by atoms with Gasteiger partial charge >= 0.3 is 0 Å². The molecule has 0 unspecified atom stereocenters. The van der Waals surface area contributed by atoms with Gasteiger partial charge in [-0.3, -0.25) is 14.5 Å². The molecule has 0 aliphatic carbocycles. The number of hydrogen-bond donors (Lipinski definition) is 0. The number of aromatic nitrogens is 2. The minimum atomic E-state index is -0.651. The Hall–Kier alpha value is -2.88. The molecule has 0 spiro atoms. The van der Waals surface area contributed by atoms with Crippen LogP contribution >= 0.6 is 42.9 Å². The molecule has 0 saturated heterocycles. The normalized spacial score (nSPS) is 16.3. The number of carbonyl (C=O) groups excluding carboxylic acids is 2. The molecule has 1 aromatic heterocycles. The lowest BCUT2D eigenvalue weighted by Gasteiger charge is -2.38. The first-order chi connectivity index (χ1) is 17.4. The second-order valence-electron chi connectivity index (χ2n) is 8.93. The average molecular weight is 615 g/mol. The number of carbonyl (C=O) groups is 2. The van der Waals surface area contributed by atoms with Gasteiger partial charge in [-0.05, 0) is 55.8 Å². The standard InChI is InChI=1S/C29H25BrFN3O2.2H2S/c1-3-33-28-26(18(2)32-34(28)23-10-5-4-6-11-23)27(19-12-14-22(31)15-13-19)24(29(33)36)17-25(35)20-8-7-9-21(30)16-20;;/h4-16,24,27H,3,17H2,1-2H3;2*1H2/t24-,27+;;/m0../s1. The lowest BCUT2D eigenvalue weighted by molar-refractivity contribution is -0.123. The molecule has 1 aliphatic heterocycles. The molecule has 5 rings (SSSR count). The second-order valence-corrected chi connectivity index (χ2v) is 9.84. The third-order valence-electron chi connectivity index (χ3n) is 6.73. The highest BCUT2D eigenvalue weighted by Crippen LogP contribution is 2.47. The fourth-order valence-electron chi connectivity index (χ4n) is 5.11. The third kappa shape index (κ3) is 5.46. The number of anilines is 1. The summed E-state index contributed by atoms with van der Waals surface area (Å²) in [6, 6.07) is 23.1. The van der Waals surface area contributed by atoms with E-state index in [0.29, 0.717) is 17.9 Å². The zero-order chi connectivity index (χ0) is 25.4. The van der Waals surface area contributed by atoms with Crippen molar-refractivity contribution >= 4 is 60.4 Å². The smallest absolute Gasteiger partial charge is 0.232 e. The first-order valence-electron chi connectivity index (χ1n) is 11.9. The van der Waals surface area contributed by atoms with Crippen molar-refractivity contribution in [1.29, 1.82) is 0 Å². The number of para-hydroxylation sites is 1. The fourth-order valence-corrected chi connectivity index (χ4v) is 5.51. The summed E-state index contributed by atoms with van der Waals surface area (Å²) in [5.74, 6) is -0.999. The van der Waals surface area contributed by atoms with Crippen molar-refractivity contribution in [2.24, 2.45) is 5.92 Å². The molecular weight excluding hydrogens is 585 g/mol. The Kier molecular flexibility index (Phi) is 9.62. The van der Waals surface area contributed by atoms with E-state index < -0.39 is 11.8 Å². The van der Waals surface area contributed by atoms with Gasteiger partial charge in [0.2, 0.25) is 5.91 Å². The Morgan fingerprint density at radius 3 is 2.32 bits per heavy atom. The molecule has 5 nitrogen and oxygen atoms in total. The molecule has 9 heteroatoms. The predicted molar refractivity (Wildman–Crippen MR) is 162 cm³/mol. The molecule has 4 aromatic rings. The van der Waals surface area contributed by atoms with Gasteiger partial charge in [0, 0.05) is 34.5 Å². The van der Waals surface area contributed by atoms with Crippen molar-refractivity contribution in [2.45, 2.75) is 26.2 Å². The number of hydrogen-bond acceptors (Lipinski definition) is 3. The monoisotopic (exact) mass is 613 g/mol. The van der Waals surface area contributed by atoms with Gasteiger partial charge in [0.1, 0.15) is 11.6 Å². The van der Waals surface area contributed by atoms with Crippen LogP contribution in [-0.4, -0.2) is 28.0 Å². The number of ketones is 1. The second kappa shape index (κ2) is 12.3. The van der Waals surface area contributed by atoms with Crippen LogP contribution in [0.15, 0.2) is 83.3 Å². The van der Waals surface area contributed by atoms with Crippen molar-refractivity contribution in [2.75, 3.05) is 11.4 Å². The summed E-state index contributed by atoms with van der Waals surface area (Å²) in [7, 11) is 0. The van der Waals surface area contributed by atoms with Crippen molar-refractivity contribution in [3.05, 3.63) is 112 Å². The van der Waals surface area contributed by atoms with Gasteiger partial charge in [0.05, 0.1) is 17.3 Å². The lowest BCUT2D eigenvalue weighted by Crippen LogP contribution is -2.45. The lowest BCUT2D eigenvalue weighted by atomic mass is 9.74. The quantitative estimate of drug-likeness (QED) is 0.227. The molecule has 0 N–H and O–H groups in total. The zero-order valence-corrected chi connectivity index (χ0v) is 24.6. The molecule has 1 aliphatic rings. The van der Waals surface area contributed by atoms with Gasteiger partial charge in [0.25, 0.3) is 0 Å². The van der Waals surface area contributed by atoms with E-state index in [-0.39, 0.29) is 50.9 Å². The zero-order valence-electron chi connectivity index (χ0n) is 21.0. The number of Topliss-reactive ketones (excluding diaryl/α,β-unsaturated/α-hetero) is 1. The average Bonchev–Trinajstić information content (AvgIpc) is 3.22.